The summed E-state index contributed by atoms with van der Waals surface area (Å²) in [4.78, 5) is 14.2. The molecule has 0 spiro atoms. The van der Waals surface area contributed by atoms with Gasteiger partial charge in [0.2, 0.25) is 0 Å². The molecule has 0 unspecified atom stereocenters. The Morgan fingerprint density at radius 3 is 2.79 bits per heavy atom. The third-order valence-electron chi connectivity index (χ3n) is 3.26. The summed E-state index contributed by atoms with van der Waals surface area (Å²) in [6.45, 7) is 0.710. The molecule has 2 aromatic rings. The number of hydrogen-bond donors (Lipinski definition) is 1. The zero-order valence-electron chi connectivity index (χ0n) is 10.4. The monoisotopic (exact) mass is 254 g/mol. The van der Waals surface area contributed by atoms with Gasteiger partial charge in [0, 0.05) is 12.2 Å². The number of nitrogens with two attached hydrogens (primary N) is 1. The van der Waals surface area contributed by atoms with Crippen molar-refractivity contribution in [2.75, 3.05) is 17.2 Å². The van der Waals surface area contributed by atoms with Gasteiger partial charge in [-0.05, 0) is 36.6 Å². The highest BCUT2D eigenvalue weighted by atomic mass is 16.2. The van der Waals surface area contributed by atoms with E-state index in [1.54, 1.807) is 17.0 Å². The molecule has 0 bridgehead atoms. The van der Waals surface area contributed by atoms with Crippen molar-refractivity contribution in [2.45, 2.75) is 12.8 Å². The molecule has 5 nitrogen and oxygen atoms in total. The molecule has 5 heteroatoms. The maximum Gasteiger partial charge on any atom is 0.278 e. The first-order valence-corrected chi connectivity index (χ1v) is 6.25. The number of fused-ring (bicyclic) bond motifs is 1. The van der Waals surface area contributed by atoms with Gasteiger partial charge in [0.15, 0.2) is 5.69 Å². The third kappa shape index (κ3) is 2.14. The van der Waals surface area contributed by atoms with Gasteiger partial charge in [0.25, 0.3) is 5.91 Å². The highest BCUT2D eigenvalue weighted by molar-refractivity contribution is 6.05. The van der Waals surface area contributed by atoms with Crippen LogP contribution in [-0.4, -0.2) is 22.6 Å². The highest BCUT2D eigenvalue weighted by Gasteiger charge is 2.24. The van der Waals surface area contributed by atoms with Gasteiger partial charge >= 0.3 is 0 Å². The Labute approximate surface area is 111 Å². The highest BCUT2D eigenvalue weighted by Crippen LogP contribution is 2.27. The van der Waals surface area contributed by atoms with Crippen LogP contribution in [0.4, 0.5) is 11.5 Å². The van der Waals surface area contributed by atoms with Crippen molar-refractivity contribution in [3.8, 4) is 0 Å². The van der Waals surface area contributed by atoms with E-state index in [1.165, 1.54) is 5.56 Å². The number of aryl methyl sites for hydroxylation is 1. The quantitative estimate of drug-likeness (QED) is 0.840. The molecule has 2 N–H and O–H groups in total. The van der Waals surface area contributed by atoms with Crippen molar-refractivity contribution in [3.63, 3.8) is 0 Å². The van der Waals surface area contributed by atoms with Crippen molar-refractivity contribution in [1.82, 2.24) is 10.2 Å². The molecule has 19 heavy (non-hydrogen) atoms. The minimum atomic E-state index is -0.125. The van der Waals surface area contributed by atoms with Crippen molar-refractivity contribution in [3.05, 3.63) is 47.7 Å². The van der Waals surface area contributed by atoms with E-state index < -0.39 is 0 Å². The zero-order chi connectivity index (χ0) is 13.2. The summed E-state index contributed by atoms with van der Waals surface area (Å²) >= 11 is 0. The Morgan fingerprint density at radius 2 is 2.00 bits per heavy atom. The number of amides is 1. The first-order valence-electron chi connectivity index (χ1n) is 6.25. The van der Waals surface area contributed by atoms with Crippen LogP contribution in [0, 0.1) is 0 Å². The molecule has 1 aliphatic rings. The number of rotatable bonds is 1. The standard InChI is InChI=1S/C14H14N4O/c15-13-8-7-11(16-17-13)14(19)18-9-3-5-10-4-1-2-6-12(10)18/h1-2,4,6-8H,3,5,9H2,(H2,15,17). The first kappa shape index (κ1) is 11.6. The number of anilines is 2. The average Bonchev–Trinajstić information content (AvgIpc) is 2.47. The van der Waals surface area contributed by atoms with Crippen LogP contribution in [0.5, 0.6) is 0 Å². The summed E-state index contributed by atoms with van der Waals surface area (Å²) in [5.41, 5.74) is 7.98. The van der Waals surface area contributed by atoms with Crippen molar-refractivity contribution >= 4 is 17.4 Å². The molecule has 0 saturated heterocycles. The van der Waals surface area contributed by atoms with E-state index in [2.05, 4.69) is 16.3 Å². The summed E-state index contributed by atoms with van der Waals surface area (Å²) < 4.78 is 0. The van der Waals surface area contributed by atoms with Crippen LogP contribution < -0.4 is 10.6 Å². The zero-order valence-corrected chi connectivity index (χ0v) is 10.4. The molecule has 0 saturated carbocycles. The van der Waals surface area contributed by atoms with E-state index in [9.17, 15) is 4.79 Å². The van der Waals surface area contributed by atoms with Crippen LogP contribution >= 0.6 is 0 Å². The summed E-state index contributed by atoms with van der Waals surface area (Å²) in [7, 11) is 0. The molecule has 0 fully saturated rings. The number of carbonyl (C=O) groups excluding carboxylic acids is 1. The minimum Gasteiger partial charge on any atom is -0.382 e. The number of benzene rings is 1. The second-order valence-electron chi connectivity index (χ2n) is 4.53. The number of carbonyl (C=O) groups is 1. The van der Waals surface area contributed by atoms with Crippen molar-refractivity contribution in [2.24, 2.45) is 0 Å². The molecule has 0 radical (unpaired) electrons. The second-order valence-corrected chi connectivity index (χ2v) is 4.53. The van der Waals surface area contributed by atoms with Gasteiger partial charge in [-0.2, -0.15) is 0 Å². The van der Waals surface area contributed by atoms with Crippen LogP contribution in [0.3, 0.4) is 0 Å². The van der Waals surface area contributed by atoms with Crippen LogP contribution in [0.25, 0.3) is 0 Å². The van der Waals surface area contributed by atoms with Crippen LogP contribution in [0.2, 0.25) is 0 Å². The number of para-hydroxylation sites is 1. The summed E-state index contributed by atoms with van der Waals surface area (Å²) in [5.74, 6) is 0.190. The Balaban J connectivity index is 1.95. The van der Waals surface area contributed by atoms with Gasteiger partial charge < -0.3 is 10.6 Å². The summed E-state index contributed by atoms with van der Waals surface area (Å²) in [5, 5.41) is 7.59. The van der Waals surface area contributed by atoms with Gasteiger partial charge in [-0.15, -0.1) is 10.2 Å². The van der Waals surface area contributed by atoms with Gasteiger partial charge in [-0.25, -0.2) is 0 Å². The normalized spacial score (nSPS) is 14.0. The van der Waals surface area contributed by atoms with E-state index in [1.807, 2.05) is 18.2 Å². The number of nitrogen functional groups attached to an aromatic ring is 1. The minimum absolute atomic E-state index is 0.125. The average molecular weight is 254 g/mol. The Kier molecular flexibility index (Phi) is 2.87. The van der Waals surface area contributed by atoms with Crippen LogP contribution in [0.1, 0.15) is 22.5 Å². The third-order valence-corrected chi connectivity index (χ3v) is 3.26. The first-order chi connectivity index (χ1) is 9.25. The lowest BCUT2D eigenvalue weighted by atomic mass is 10.0. The molecule has 3 rings (SSSR count). The van der Waals surface area contributed by atoms with E-state index in [-0.39, 0.29) is 5.91 Å². The number of hydrogen-bond acceptors (Lipinski definition) is 4. The predicted octanol–water partition coefficient (Wildman–Crippen LogP) is 1.65. The maximum absolute atomic E-state index is 12.5. The molecular formula is C14H14N4O. The Hall–Kier alpha value is -2.43. The predicted molar refractivity (Wildman–Crippen MR) is 72.9 cm³/mol. The smallest absolute Gasteiger partial charge is 0.278 e. The largest absolute Gasteiger partial charge is 0.382 e. The van der Waals surface area contributed by atoms with Crippen molar-refractivity contribution < 1.29 is 4.79 Å². The Morgan fingerprint density at radius 1 is 1.16 bits per heavy atom. The lowest BCUT2D eigenvalue weighted by molar-refractivity contribution is 0.0979. The van der Waals surface area contributed by atoms with E-state index in [4.69, 9.17) is 5.73 Å². The fraction of sp³-hybridized carbons (Fsp3) is 0.214. The fourth-order valence-corrected chi connectivity index (χ4v) is 2.34. The van der Waals surface area contributed by atoms with Crippen LogP contribution in [-0.2, 0) is 6.42 Å². The fourth-order valence-electron chi connectivity index (χ4n) is 2.34. The topological polar surface area (TPSA) is 72.1 Å². The second kappa shape index (κ2) is 4.68. The molecule has 1 aromatic heterocycles. The lowest BCUT2D eigenvalue weighted by Gasteiger charge is -2.29. The number of nitrogens with zero attached hydrogens (tertiary/aromatic N) is 3. The van der Waals surface area contributed by atoms with Crippen LogP contribution in [0.15, 0.2) is 36.4 Å². The Bertz CT molecular complexity index is 609. The van der Waals surface area contributed by atoms with Gasteiger partial charge in [-0.1, -0.05) is 18.2 Å². The lowest BCUT2D eigenvalue weighted by Crippen LogP contribution is -2.36. The van der Waals surface area contributed by atoms with E-state index >= 15 is 0 Å². The molecule has 96 valence electrons. The SMILES string of the molecule is Nc1ccc(C(=O)N2CCCc3ccccc32)nn1. The van der Waals surface area contributed by atoms with E-state index in [0.29, 0.717) is 18.1 Å². The number of aromatic nitrogens is 2. The van der Waals surface area contributed by atoms with E-state index in [0.717, 1.165) is 18.5 Å². The maximum atomic E-state index is 12.5. The molecule has 1 aliphatic heterocycles. The van der Waals surface area contributed by atoms with Gasteiger partial charge in [0.05, 0.1) is 0 Å². The molecular weight excluding hydrogens is 240 g/mol. The molecule has 1 amide bonds. The molecule has 0 aliphatic carbocycles. The molecule has 2 heterocycles. The van der Waals surface area contributed by atoms with Gasteiger partial charge in [-0.3, -0.25) is 4.79 Å². The molecule has 1 aromatic carbocycles. The van der Waals surface area contributed by atoms with Gasteiger partial charge in [0.1, 0.15) is 5.82 Å². The van der Waals surface area contributed by atoms with Crippen molar-refractivity contribution in [1.29, 1.82) is 0 Å². The molecule has 0 atom stereocenters. The summed E-state index contributed by atoms with van der Waals surface area (Å²) in [6, 6.07) is 11.2. The summed E-state index contributed by atoms with van der Waals surface area (Å²) in [6.07, 6.45) is 1.97.